The van der Waals surface area contributed by atoms with E-state index < -0.39 is 5.97 Å². The van der Waals surface area contributed by atoms with E-state index in [1.807, 2.05) is 0 Å². The van der Waals surface area contributed by atoms with Crippen LogP contribution in [-0.4, -0.2) is 22.3 Å². The van der Waals surface area contributed by atoms with Crippen molar-refractivity contribution in [2.24, 2.45) is 11.8 Å². The number of nitrogens with zero attached hydrogens (tertiary/aromatic N) is 1. The minimum atomic E-state index is -1.05. The summed E-state index contributed by atoms with van der Waals surface area (Å²) in [7, 11) is 0. The average Bonchev–Trinajstić information content (AvgIpc) is 2.73. The first-order valence-corrected chi connectivity index (χ1v) is 6.47. The maximum absolute atomic E-state index is 10.7. The van der Waals surface area contributed by atoms with Gasteiger partial charge in [-0.05, 0) is 31.1 Å². The molecule has 1 fully saturated rings. The second-order valence-corrected chi connectivity index (χ2v) is 5.48. The summed E-state index contributed by atoms with van der Waals surface area (Å²) in [4.78, 5) is 10.7. The van der Waals surface area contributed by atoms with Crippen molar-refractivity contribution in [3.05, 3.63) is 17.5 Å². The molecule has 1 aliphatic rings. The highest BCUT2D eigenvalue weighted by molar-refractivity contribution is 5.85. The fourth-order valence-electron chi connectivity index (χ4n) is 2.86. The number of aromatic carboxylic acids is 1. The third-order valence-electron chi connectivity index (χ3n) is 3.52. The Balaban J connectivity index is 1.85. The van der Waals surface area contributed by atoms with Gasteiger partial charge < -0.3 is 14.9 Å². The van der Waals surface area contributed by atoms with Crippen LogP contribution in [0, 0.1) is 11.8 Å². The largest absolute Gasteiger partial charge is 0.476 e. The van der Waals surface area contributed by atoms with E-state index in [1.54, 1.807) is 0 Å². The van der Waals surface area contributed by atoms with Crippen LogP contribution in [0.2, 0.25) is 0 Å². The smallest absolute Gasteiger partial charge is 0.358 e. The van der Waals surface area contributed by atoms with Gasteiger partial charge in [-0.1, -0.05) is 19.0 Å². The number of nitrogens with one attached hydrogen (secondary N) is 1. The van der Waals surface area contributed by atoms with Crippen LogP contribution in [0.3, 0.4) is 0 Å². The molecular weight excluding hydrogens is 232 g/mol. The average molecular weight is 252 g/mol. The first kappa shape index (κ1) is 13.1. The highest BCUT2D eigenvalue weighted by Gasteiger charge is 2.23. The Morgan fingerprint density at radius 3 is 2.67 bits per heavy atom. The van der Waals surface area contributed by atoms with Crippen molar-refractivity contribution in [3.8, 4) is 0 Å². The van der Waals surface area contributed by atoms with E-state index >= 15 is 0 Å². The molecule has 0 aromatic carbocycles. The molecule has 5 nitrogen and oxygen atoms in total. The number of carboxylic acids is 1. The summed E-state index contributed by atoms with van der Waals surface area (Å²) >= 11 is 0. The van der Waals surface area contributed by atoms with E-state index in [0.717, 1.165) is 11.8 Å². The van der Waals surface area contributed by atoms with Crippen LogP contribution in [0.25, 0.3) is 0 Å². The lowest BCUT2D eigenvalue weighted by Crippen LogP contribution is -2.35. The Morgan fingerprint density at radius 2 is 2.11 bits per heavy atom. The van der Waals surface area contributed by atoms with E-state index in [0.29, 0.717) is 18.3 Å². The Hall–Kier alpha value is -1.36. The lowest BCUT2D eigenvalue weighted by Gasteiger charge is -2.31. The van der Waals surface area contributed by atoms with Crippen molar-refractivity contribution in [2.45, 2.75) is 45.7 Å². The van der Waals surface area contributed by atoms with Crippen LogP contribution < -0.4 is 5.32 Å². The SMILES string of the molecule is CC1CC(C)CC(NCc2cc(C(=O)O)no2)C1. The molecule has 2 rings (SSSR count). The normalized spacial score (nSPS) is 28.2. The molecule has 1 saturated carbocycles. The molecule has 100 valence electrons. The molecule has 0 spiro atoms. The van der Waals surface area contributed by atoms with Crippen LogP contribution in [0.15, 0.2) is 10.6 Å². The summed E-state index contributed by atoms with van der Waals surface area (Å²) in [6, 6.07) is 1.97. The molecule has 2 atom stereocenters. The Bertz CT molecular complexity index is 406. The predicted octanol–water partition coefficient (Wildman–Crippen LogP) is 2.29. The van der Waals surface area contributed by atoms with Crippen molar-refractivity contribution < 1.29 is 14.4 Å². The minimum absolute atomic E-state index is 0.0304. The van der Waals surface area contributed by atoms with E-state index in [4.69, 9.17) is 9.63 Å². The fraction of sp³-hybridized carbons (Fsp3) is 0.692. The molecule has 1 aromatic rings. The molecule has 18 heavy (non-hydrogen) atoms. The lowest BCUT2D eigenvalue weighted by molar-refractivity contribution is 0.0685. The maximum atomic E-state index is 10.7. The van der Waals surface area contributed by atoms with E-state index in [-0.39, 0.29) is 5.69 Å². The van der Waals surface area contributed by atoms with Gasteiger partial charge in [-0.25, -0.2) is 4.79 Å². The number of carbonyl (C=O) groups is 1. The van der Waals surface area contributed by atoms with Crippen LogP contribution in [0.4, 0.5) is 0 Å². The zero-order chi connectivity index (χ0) is 13.1. The molecule has 5 heteroatoms. The molecule has 0 bridgehead atoms. The molecule has 0 saturated heterocycles. The Labute approximate surface area is 107 Å². The van der Waals surface area contributed by atoms with E-state index in [1.165, 1.54) is 25.3 Å². The van der Waals surface area contributed by atoms with Crippen LogP contribution >= 0.6 is 0 Å². The standard InChI is InChI=1S/C13H20N2O3/c1-8-3-9(2)5-10(4-8)14-7-11-6-12(13(16)17)15-18-11/h6,8-10,14H,3-5,7H2,1-2H3,(H,16,17). The molecular formula is C13H20N2O3. The summed E-state index contributed by atoms with van der Waals surface area (Å²) in [6.45, 7) is 5.10. The third kappa shape index (κ3) is 3.32. The number of hydrogen-bond acceptors (Lipinski definition) is 4. The lowest BCUT2D eigenvalue weighted by atomic mass is 9.80. The Kier molecular flexibility index (Phi) is 4.01. The summed E-state index contributed by atoms with van der Waals surface area (Å²) in [5.74, 6) is 1.02. The van der Waals surface area contributed by atoms with Crippen LogP contribution in [0.5, 0.6) is 0 Å². The van der Waals surface area contributed by atoms with Gasteiger partial charge in [0.25, 0.3) is 0 Å². The van der Waals surface area contributed by atoms with Crippen LogP contribution in [-0.2, 0) is 6.54 Å². The van der Waals surface area contributed by atoms with Gasteiger partial charge in [0.15, 0.2) is 11.5 Å². The molecule has 1 aliphatic carbocycles. The van der Waals surface area contributed by atoms with Gasteiger partial charge in [-0.3, -0.25) is 0 Å². The van der Waals surface area contributed by atoms with Gasteiger partial charge in [0, 0.05) is 12.1 Å². The maximum Gasteiger partial charge on any atom is 0.358 e. The van der Waals surface area contributed by atoms with Gasteiger partial charge in [0.1, 0.15) is 0 Å². The Morgan fingerprint density at radius 1 is 1.44 bits per heavy atom. The third-order valence-corrected chi connectivity index (χ3v) is 3.52. The first-order valence-electron chi connectivity index (χ1n) is 6.47. The number of aromatic nitrogens is 1. The van der Waals surface area contributed by atoms with Gasteiger partial charge in [-0.2, -0.15) is 0 Å². The number of rotatable bonds is 4. The van der Waals surface area contributed by atoms with Crippen molar-refractivity contribution in [1.82, 2.24) is 10.5 Å². The molecule has 2 N–H and O–H groups in total. The van der Waals surface area contributed by atoms with Crippen molar-refractivity contribution in [3.63, 3.8) is 0 Å². The summed E-state index contributed by atoms with van der Waals surface area (Å²) in [6.07, 6.45) is 3.64. The second kappa shape index (κ2) is 5.52. The molecule has 2 unspecified atom stereocenters. The topological polar surface area (TPSA) is 75.4 Å². The molecule has 1 aromatic heterocycles. The van der Waals surface area contributed by atoms with Gasteiger partial charge in [-0.15, -0.1) is 0 Å². The minimum Gasteiger partial charge on any atom is -0.476 e. The second-order valence-electron chi connectivity index (χ2n) is 5.48. The zero-order valence-corrected chi connectivity index (χ0v) is 10.8. The quantitative estimate of drug-likeness (QED) is 0.859. The zero-order valence-electron chi connectivity index (χ0n) is 10.8. The first-order chi connectivity index (χ1) is 8.54. The van der Waals surface area contributed by atoms with Crippen molar-refractivity contribution in [2.75, 3.05) is 0 Å². The number of hydrogen-bond donors (Lipinski definition) is 2. The molecule has 0 amide bonds. The highest BCUT2D eigenvalue weighted by Crippen LogP contribution is 2.28. The molecule has 0 radical (unpaired) electrons. The van der Waals surface area contributed by atoms with Crippen molar-refractivity contribution >= 4 is 5.97 Å². The molecule has 0 aliphatic heterocycles. The van der Waals surface area contributed by atoms with Gasteiger partial charge in [0.05, 0.1) is 6.54 Å². The van der Waals surface area contributed by atoms with Gasteiger partial charge in [0.2, 0.25) is 0 Å². The predicted molar refractivity (Wildman–Crippen MR) is 66.3 cm³/mol. The number of carboxylic acid groups (broad SMARTS) is 1. The summed E-state index contributed by atoms with van der Waals surface area (Å²) in [5.41, 5.74) is -0.0304. The fourth-order valence-corrected chi connectivity index (χ4v) is 2.86. The van der Waals surface area contributed by atoms with E-state index in [9.17, 15) is 4.79 Å². The van der Waals surface area contributed by atoms with E-state index in [2.05, 4.69) is 24.3 Å². The molecule has 1 heterocycles. The van der Waals surface area contributed by atoms with Gasteiger partial charge >= 0.3 is 5.97 Å². The van der Waals surface area contributed by atoms with Crippen LogP contribution in [0.1, 0.15) is 49.4 Å². The monoisotopic (exact) mass is 252 g/mol. The summed E-state index contributed by atoms with van der Waals surface area (Å²) < 4.78 is 4.98. The highest BCUT2D eigenvalue weighted by atomic mass is 16.5. The van der Waals surface area contributed by atoms with Crippen molar-refractivity contribution in [1.29, 1.82) is 0 Å². The summed E-state index contributed by atoms with van der Waals surface area (Å²) in [5, 5.41) is 15.7.